The number of fused-ring (bicyclic) bond motifs is 1. The van der Waals surface area contributed by atoms with Crippen LogP contribution in [0.2, 0.25) is 5.02 Å². The van der Waals surface area contributed by atoms with E-state index in [0.29, 0.717) is 17.0 Å². The molecule has 0 N–H and O–H groups in total. The summed E-state index contributed by atoms with van der Waals surface area (Å²) in [5.74, 6) is 0.689. The highest BCUT2D eigenvalue weighted by Gasteiger charge is 2.20. The Morgan fingerprint density at radius 3 is 2.65 bits per heavy atom. The Labute approximate surface area is 214 Å². The molecule has 0 aliphatic carbocycles. The first-order valence-corrected chi connectivity index (χ1v) is 12.7. The van der Waals surface area contributed by atoms with Gasteiger partial charge in [0.25, 0.3) is 5.91 Å². The van der Waals surface area contributed by atoms with Crippen molar-refractivity contribution in [2.24, 2.45) is 0 Å². The van der Waals surface area contributed by atoms with Gasteiger partial charge in [-0.15, -0.1) is 11.3 Å². The molecule has 0 aliphatic rings. The van der Waals surface area contributed by atoms with E-state index in [1.54, 1.807) is 47.3 Å². The van der Waals surface area contributed by atoms with E-state index < -0.39 is 0 Å². The van der Waals surface area contributed by atoms with Crippen LogP contribution in [0.3, 0.4) is 0 Å². The molecule has 0 unspecified atom stereocenters. The molecule has 5 aromatic rings. The van der Waals surface area contributed by atoms with Crippen molar-refractivity contribution >= 4 is 55.7 Å². The molecular weight excluding hydrogens is 532 g/mol. The van der Waals surface area contributed by atoms with Gasteiger partial charge in [0.15, 0.2) is 0 Å². The number of carbonyl (C=O) groups excluding carboxylic acids is 1. The van der Waals surface area contributed by atoms with Crippen molar-refractivity contribution in [2.45, 2.75) is 13.3 Å². The van der Waals surface area contributed by atoms with Crippen molar-refractivity contribution in [3.8, 4) is 17.0 Å². The summed E-state index contributed by atoms with van der Waals surface area (Å²) in [5, 5.41) is 4.64. The minimum Gasteiger partial charge on any atom is -0.496 e. The lowest BCUT2D eigenvalue weighted by molar-refractivity contribution is 0.0963. The first kappa shape index (κ1) is 22.8. The second-order valence-corrected chi connectivity index (χ2v) is 10.2. The number of hydrogen-bond acceptors (Lipinski definition) is 4. The van der Waals surface area contributed by atoms with E-state index in [-0.39, 0.29) is 5.91 Å². The molecular formula is C27H20BrClN2O2S. The van der Waals surface area contributed by atoms with E-state index in [9.17, 15) is 4.79 Å². The van der Waals surface area contributed by atoms with Gasteiger partial charge in [0.2, 0.25) is 0 Å². The predicted octanol–water partition coefficient (Wildman–Crippen LogP) is 7.78. The summed E-state index contributed by atoms with van der Waals surface area (Å²) in [5.41, 5.74) is 5.31. The summed E-state index contributed by atoms with van der Waals surface area (Å²) in [6, 6.07) is 21.0. The summed E-state index contributed by atoms with van der Waals surface area (Å²) in [4.78, 5) is 18.2. The molecule has 0 aliphatic heterocycles. The van der Waals surface area contributed by atoms with Crippen LogP contribution in [0.4, 0.5) is 0 Å². The average molecular weight is 552 g/mol. The van der Waals surface area contributed by atoms with Gasteiger partial charge in [-0.25, -0.2) is 4.98 Å². The molecule has 7 heteroatoms. The van der Waals surface area contributed by atoms with Crippen molar-refractivity contribution in [2.75, 3.05) is 7.11 Å². The van der Waals surface area contributed by atoms with Gasteiger partial charge in [-0.2, -0.15) is 0 Å². The normalized spacial score (nSPS) is 11.2. The molecule has 34 heavy (non-hydrogen) atoms. The maximum absolute atomic E-state index is 13.3. The second-order valence-electron chi connectivity index (χ2n) is 7.93. The van der Waals surface area contributed by atoms with Crippen molar-refractivity contribution in [1.82, 2.24) is 9.55 Å². The molecule has 0 amide bonds. The first-order chi connectivity index (χ1) is 16.4. The predicted molar refractivity (Wildman–Crippen MR) is 142 cm³/mol. The highest BCUT2D eigenvalue weighted by Crippen LogP contribution is 2.34. The van der Waals surface area contributed by atoms with Crippen LogP contribution in [0.15, 0.2) is 76.6 Å². The Kier molecular flexibility index (Phi) is 6.30. The fourth-order valence-electron chi connectivity index (χ4n) is 4.14. The number of aryl methyl sites for hydroxylation is 1. The van der Waals surface area contributed by atoms with E-state index >= 15 is 0 Å². The third kappa shape index (κ3) is 4.29. The summed E-state index contributed by atoms with van der Waals surface area (Å²) in [6.45, 7) is 1.94. The fourth-order valence-corrected chi connectivity index (χ4v) is 5.48. The van der Waals surface area contributed by atoms with Gasteiger partial charge in [-0.3, -0.25) is 9.36 Å². The van der Waals surface area contributed by atoms with Crippen molar-refractivity contribution in [1.29, 1.82) is 0 Å². The van der Waals surface area contributed by atoms with Crippen LogP contribution in [-0.2, 0) is 6.42 Å². The van der Waals surface area contributed by atoms with E-state index in [1.807, 2.05) is 37.3 Å². The minimum atomic E-state index is -0.0912. The highest BCUT2D eigenvalue weighted by molar-refractivity contribution is 9.10. The Hall–Kier alpha value is -2.93. The van der Waals surface area contributed by atoms with Crippen LogP contribution in [0.1, 0.15) is 26.6 Å². The van der Waals surface area contributed by atoms with Gasteiger partial charge in [0, 0.05) is 49.1 Å². The van der Waals surface area contributed by atoms with Crippen LogP contribution in [-0.4, -0.2) is 22.6 Å². The number of rotatable bonds is 5. The number of thiazole rings is 1. The SMILES string of the molecule is COc1ccc2c(cc(C)n2C(=O)c2ccc(Cl)cc2)c1Cc1nc(-c2cccc(Br)c2)cs1. The van der Waals surface area contributed by atoms with E-state index in [1.165, 1.54) is 0 Å². The third-order valence-corrected chi connectivity index (χ3v) is 7.35. The van der Waals surface area contributed by atoms with Crippen LogP contribution in [0.25, 0.3) is 22.2 Å². The van der Waals surface area contributed by atoms with Gasteiger partial charge >= 0.3 is 0 Å². The van der Waals surface area contributed by atoms with Gasteiger partial charge in [-0.1, -0.05) is 39.7 Å². The van der Waals surface area contributed by atoms with E-state index in [2.05, 4.69) is 33.4 Å². The Bertz CT molecular complexity index is 1520. The molecule has 0 bridgehead atoms. The standard InChI is InChI=1S/C27H20BrClN2O2S/c1-16-12-21-22(14-26-30-23(15-34-26)18-4-3-5-19(28)13-18)25(33-2)11-10-24(21)31(16)27(32)17-6-8-20(29)9-7-17/h3-13,15H,14H2,1-2H3. The zero-order valence-electron chi connectivity index (χ0n) is 18.5. The lowest BCUT2D eigenvalue weighted by Gasteiger charge is -2.11. The summed E-state index contributed by atoms with van der Waals surface area (Å²) in [6.07, 6.45) is 0.609. The zero-order chi connectivity index (χ0) is 23.8. The molecule has 2 aromatic heterocycles. The fraction of sp³-hybridized carbons (Fsp3) is 0.111. The molecule has 0 saturated heterocycles. The summed E-state index contributed by atoms with van der Waals surface area (Å²) in [7, 11) is 1.67. The third-order valence-electron chi connectivity index (χ3n) is 5.75. The molecule has 2 heterocycles. The number of nitrogens with zero attached hydrogens (tertiary/aromatic N) is 2. The summed E-state index contributed by atoms with van der Waals surface area (Å²) < 4.78 is 8.47. The number of aromatic nitrogens is 2. The second kappa shape index (κ2) is 9.37. The molecule has 3 aromatic carbocycles. The largest absolute Gasteiger partial charge is 0.496 e. The molecule has 0 saturated carbocycles. The molecule has 0 fully saturated rings. The quantitative estimate of drug-likeness (QED) is 0.224. The van der Waals surface area contributed by atoms with Gasteiger partial charge in [0.1, 0.15) is 5.75 Å². The van der Waals surface area contributed by atoms with Gasteiger partial charge in [-0.05, 0) is 61.5 Å². The van der Waals surface area contributed by atoms with Crippen LogP contribution in [0, 0.1) is 6.92 Å². The van der Waals surface area contributed by atoms with Crippen molar-refractivity contribution in [3.63, 3.8) is 0 Å². The van der Waals surface area contributed by atoms with Crippen LogP contribution >= 0.6 is 38.9 Å². The Morgan fingerprint density at radius 1 is 1.12 bits per heavy atom. The first-order valence-electron chi connectivity index (χ1n) is 10.6. The number of halogens is 2. The number of carbonyl (C=O) groups is 1. The molecule has 0 atom stereocenters. The van der Waals surface area contributed by atoms with Crippen LogP contribution in [0.5, 0.6) is 5.75 Å². The smallest absolute Gasteiger partial charge is 0.262 e. The topological polar surface area (TPSA) is 44.1 Å². The monoisotopic (exact) mass is 550 g/mol. The number of hydrogen-bond donors (Lipinski definition) is 0. The van der Waals surface area contributed by atoms with Gasteiger partial charge in [0.05, 0.1) is 23.3 Å². The van der Waals surface area contributed by atoms with Gasteiger partial charge < -0.3 is 4.74 Å². The molecule has 0 spiro atoms. The van der Waals surface area contributed by atoms with Crippen molar-refractivity contribution in [3.05, 3.63) is 103 Å². The molecule has 0 radical (unpaired) electrons. The zero-order valence-corrected chi connectivity index (χ0v) is 21.7. The number of benzene rings is 3. The summed E-state index contributed by atoms with van der Waals surface area (Å²) >= 11 is 11.2. The highest BCUT2D eigenvalue weighted by atomic mass is 79.9. The number of ether oxygens (including phenoxy) is 1. The minimum absolute atomic E-state index is 0.0912. The Morgan fingerprint density at radius 2 is 1.91 bits per heavy atom. The average Bonchev–Trinajstić information content (AvgIpc) is 3.43. The molecule has 4 nitrogen and oxygen atoms in total. The number of methoxy groups -OCH3 is 1. The van der Waals surface area contributed by atoms with E-state index in [4.69, 9.17) is 21.3 Å². The molecule has 5 rings (SSSR count). The maximum Gasteiger partial charge on any atom is 0.262 e. The Balaban J connectivity index is 1.56. The van der Waals surface area contributed by atoms with Crippen molar-refractivity contribution < 1.29 is 9.53 Å². The lowest BCUT2D eigenvalue weighted by atomic mass is 10.1. The lowest BCUT2D eigenvalue weighted by Crippen LogP contribution is -2.13. The molecule has 170 valence electrons. The maximum atomic E-state index is 13.3. The van der Waals surface area contributed by atoms with Crippen LogP contribution < -0.4 is 4.74 Å². The van der Waals surface area contributed by atoms with E-state index in [0.717, 1.165) is 48.6 Å².